The van der Waals surface area contributed by atoms with E-state index in [0.29, 0.717) is 37.7 Å². The molecule has 1 amide bonds. The predicted molar refractivity (Wildman–Crippen MR) is 85.3 cm³/mol. The molecule has 0 spiro atoms. The first-order chi connectivity index (χ1) is 11.7. The molecule has 2 atom stereocenters. The summed E-state index contributed by atoms with van der Waals surface area (Å²) in [6.45, 7) is 6.39. The number of anilines is 1. The number of aromatic nitrogens is 4. The zero-order valence-electron chi connectivity index (χ0n) is 13.9. The lowest BCUT2D eigenvalue weighted by Crippen LogP contribution is -2.52. The molecule has 1 aliphatic heterocycles. The van der Waals surface area contributed by atoms with Crippen molar-refractivity contribution in [1.82, 2.24) is 24.8 Å². The molecular formula is C15H22N6O3. The Bertz CT molecular complexity index is 656. The second-order valence-corrected chi connectivity index (χ2v) is 5.84. The van der Waals surface area contributed by atoms with Crippen molar-refractivity contribution in [2.45, 2.75) is 39.0 Å². The average Bonchev–Trinajstić information content (AvgIpc) is 3.20. The van der Waals surface area contributed by atoms with Gasteiger partial charge in [0.1, 0.15) is 18.4 Å². The van der Waals surface area contributed by atoms with Crippen molar-refractivity contribution < 1.29 is 14.1 Å². The van der Waals surface area contributed by atoms with Crippen LogP contribution < -0.4 is 5.32 Å². The third-order valence-electron chi connectivity index (χ3n) is 4.04. The minimum absolute atomic E-state index is 0.0170. The largest absolute Gasteiger partial charge is 0.374 e. The maximum atomic E-state index is 12.6. The number of nitrogens with one attached hydrogen (secondary N) is 1. The summed E-state index contributed by atoms with van der Waals surface area (Å²) in [7, 11) is 0. The van der Waals surface area contributed by atoms with Gasteiger partial charge in [0.15, 0.2) is 5.82 Å². The van der Waals surface area contributed by atoms with Gasteiger partial charge in [-0.05, 0) is 13.3 Å². The Morgan fingerprint density at radius 1 is 1.54 bits per heavy atom. The van der Waals surface area contributed by atoms with E-state index in [4.69, 9.17) is 9.26 Å². The number of morpholine rings is 1. The van der Waals surface area contributed by atoms with Crippen LogP contribution in [0, 0.1) is 6.92 Å². The molecule has 1 aliphatic rings. The Hall–Kier alpha value is -2.26. The lowest BCUT2D eigenvalue weighted by atomic mass is 10.1. The number of rotatable bonds is 6. The molecule has 0 aliphatic carbocycles. The molecule has 1 saturated heterocycles. The first-order valence-corrected chi connectivity index (χ1v) is 8.08. The van der Waals surface area contributed by atoms with E-state index in [1.807, 2.05) is 6.92 Å². The van der Waals surface area contributed by atoms with Gasteiger partial charge >= 0.3 is 0 Å². The number of aryl methyl sites for hydroxylation is 1. The van der Waals surface area contributed by atoms with E-state index in [1.165, 1.54) is 6.33 Å². The number of amides is 1. The van der Waals surface area contributed by atoms with Gasteiger partial charge in [-0.25, -0.2) is 4.98 Å². The summed E-state index contributed by atoms with van der Waals surface area (Å²) in [4.78, 5) is 18.7. The summed E-state index contributed by atoms with van der Waals surface area (Å²) in [5.41, 5.74) is 0. The molecule has 24 heavy (non-hydrogen) atoms. The maximum Gasteiger partial charge on any atom is 0.242 e. The summed E-state index contributed by atoms with van der Waals surface area (Å²) in [6, 6.07) is 1.47. The van der Waals surface area contributed by atoms with Crippen molar-refractivity contribution in [3.05, 3.63) is 24.5 Å². The minimum Gasteiger partial charge on any atom is -0.374 e. The van der Waals surface area contributed by atoms with Crippen molar-refractivity contribution in [3.63, 3.8) is 0 Å². The Balaban J connectivity index is 1.60. The molecule has 9 nitrogen and oxygen atoms in total. The quantitative estimate of drug-likeness (QED) is 0.830. The molecule has 1 fully saturated rings. The third kappa shape index (κ3) is 3.98. The van der Waals surface area contributed by atoms with Crippen molar-refractivity contribution >= 4 is 11.7 Å². The van der Waals surface area contributed by atoms with E-state index in [2.05, 4.69) is 25.5 Å². The van der Waals surface area contributed by atoms with E-state index in [9.17, 15) is 4.79 Å². The highest BCUT2D eigenvalue weighted by molar-refractivity contribution is 5.94. The van der Waals surface area contributed by atoms with Crippen LogP contribution in [0.4, 0.5) is 5.82 Å². The predicted octanol–water partition coefficient (Wildman–Crippen LogP) is 0.693. The topological polar surface area (TPSA) is 98.3 Å². The second-order valence-electron chi connectivity index (χ2n) is 5.84. The molecule has 3 heterocycles. The van der Waals surface area contributed by atoms with Crippen LogP contribution in [0.2, 0.25) is 0 Å². The average molecular weight is 334 g/mol. The summed E-state index contributed by atoms with van der Waals surface area (Å²) in [6.07, 6.45) is 3.86. The highest BCUT2D eigenvalue weighted by atomic mass is 16.5. The molecule has 0 bridgehead atoms. The molecule has 0 aromatic carbocycles. The van der Waals surface area contributed by atoms with Gasteiger partial charge in [-0.15, -0.1) is 0 Å². The minimum atomic E-state index is -0.232. The number of hydrogen-bond donors (Lipinski definition) is 1. The number of carbonyl (C=O) groups excluding carboxylic acids is 1. The number of nitrogens with zero attached hydrogens (tertiary/aromatic N) is 5. The monoisotopic (exact) mass is 334 g/mol. The molecule has 3 rings (SSSR count). The second kappa shape index (κ2) is 7.54. The van der Waals surface area contributed by atoms with Gasteiger partial charge < -0.3 is 14.6 Å². The highest BCUT2D eigenvalue weighted by Gasteiger charge is 2.30. The fourth-order valence-corrected chi connectivity index (χ4v) is 2.92. The zero-order chi connectivity index (χ0) is 16.9. The van der Waals surface area contributed by atoms with Crippen molar-refractivity contribution in [2.24, 2.45) is 0 Å². The van der Waals surface area contributed by atoms with Crippen LogP contribution in [-0.2, 0) is 16.1 Å². The van der Waals surface area contributed by atoms with Crippen LogP contribution in [0.15, 0.2) is 23.2 Å². The first kappa shape index (κ1) is 16.6. The molecule has 0 unspecified atom stereocenters. The fraction of sp³-hybridized carbons (Fsp3) is 0.600. The molecule has 0 radical (unpaired) electrons. The van der Waals surface area contributed by atoms with Gasteiger partial charge in [0, 0.05) is 19.2 Å². The van der Waals surface area contributed by atoms with Crippen LogP contribution in [0.5, 0.6) is 0 Å². The van der Waals surface area contributed by atoms with Crippen molar-refractivity contribution in [3.8, 4) is 0 Å². The molecule has 9 heteroatoms. The fourth-order valence-electron chi connectivity index (χ4n) is 2.92. The van der Waals surface area contributed by atoms with Crippen LogP contribution in [0.1, 0.15) is 19.1 Å². The summed E-state index contributed by atoms with van der Waals surface area (Å²) in [5.74, 6) is 1.04. The summed E-state index contributed by atoms with van der Waals surface area (Å²) in [5, 5.41) is 10.7. The summed E-state index contributed by atoms with van der Waals surface area (Å²) < 4.78 is 12.5. The van der Waals surface area contributed by atoms with E-state index >= 15 is 0 Å². The standard InChI is InChI=1S/C15H22N6O3/c1-3-13(15(22)18-14-6-11(2)24-19-14)20-4-5-23-12(7-20)8-21-10-16-9-17-21/h6,9-10,12-13H,3-5,7-8H2,1-2H3,(H,18,19,22)/t12-,13+/m0/s1. The van der Waals surface area contributed by atoms with E-state index in [0.717, 1.165) is 6.54 Å². The highest BCUT2D eigenvalue weighted by Crippen LogP contribution is 2.15. The first-order valence-electron chi connectivity index (χ1n) is 8.08. The zero-order valence-corrected chi connectivity index (χ0v) is 13.9. The lowest BCUT2D eigenvalue weighted by molar-refractivity contribution is -0.125. The number of carbonyl (C=O) groups is 1. The molecule has 2 aromatic rings. The SMILES string of the molecule is CC[C@H](C(=O)Nc1cc(C)on1)N1CCO[C@H](Cn2cncn2)C1. The van der Waals surface area contributed by atoms with Crippen LogP contribution >= 0.6 is 0 Å². The van der Waals surface area contributed by atoms with Crippen LogP contribution in [-0.4, -0.2) is 62.6 Å². The Morgan fingerprint density at radius 3 is 3.08 bits per heavy atom. The number of ether oxygens (including phenoxy) is 1. The Kier molecular flexibility index (Phi) is 5.21. The Morgan fingerprint density at radius 2 is 2.42 bits per heavy atom. The maximum absolute atomic E-state index is 12.6. The van der Waals surface area contributed by atoms with Gasteiger partial charge in [-0.3, -0.25) is 14.4 Å². The molecule has 2 aromatic heterocycles. The van der Waals surface area contributed by atoms with E-state index in [-0.39, 0.29) is 18.1 Å². The van der Waals surface area contributed by atoms with Crippen LogP contribution in [0.25, 0.3) is 0 Å². The van der Waals surface area contributed by atoms with Crippen molar-refractivity contribution in [1.29, 1.82) is 0 Å². The smallest absolute Gasteiger partial charge is 0.242 e. The number of hydrogen-bond acceptors (Lipinski definition) is 7. The molecule has 1 N–H and O–H groups in total. The lowest BCUT2D eigenvalue weighted by Gasteiger charge is -2.37. The third-order valence-corrected chi connectivity index (χ3v) is 4.04. The van der Waals surface area contributed by atoms with E-state index < -0.39 is 0 Å². The van der Waals surface area contributed by atoms with E-state index in [1.54, 1.807) is 24.0 Å². The summed E-state index contributed by atoms with van der Waals surface area (Å²) >= 11 is 0. The van der Waals surface area contributed by atoms with Gasteiger partial charge in [0.2, 0.25) is 5.91 Å². The van der Waals surface area contributed by atoms with Gasteiger partial charge in [0.05, 0.1) is 25.3 Å². The van der Waals surface area contributed by atoms with Crippen molar-refractivity contribution in [2.75, 3.05) is 25.0 Å². The molecule has 130 valence electrons. The van der Waals surface area contributed by atoms with Crippen LogP contribution in [0.3, 0.4) is 0 Å². The van der Waals surface area contributed by atoms with Gasteiger partial charge in [0.25, 0.3) is 0 Å². The normalized spacial score (nSPS) is 20.0. The Labute approximate surface area is 140 Å². The molecular weight excluding hydrogens is 312 g/mol. The van der Waals surface area contributed by atoms with Gasteiger partial charge in [-0.1, -0.05) is 12.1 Å². The van der Waals surface area contributed by atoms with Gasteiger partial charge in [-0.2, -0.15) is 5.10 Å². The molecule has 0 saturated carbocycles.